The highest BCUT2D eigenvalue weighted by Crippen LogP contribution is 2.35. The number of rotatable bonds is 11. The fourth-order valence-electron chi connectivity index (χ4n) is 2.88. The molecule has 0 aromatic carbocycles. The molecular formula is C21H31F2NO2. The predicted octanol–water partition coefficient (Wildman–Crippen LogP) is 4.53. The van der Waals surface area contributed by atoms with E-state index < -0.39 is 30.4 Å². The summed E-state index contributed by atoms with van der Waals surface area (Å²) < 4.78 is 27.7. The monoisotopic (exact) mass is 367 g/mol. The van der Waals surface area contributed by atoms with Gasteiger partial charge in [0.2, 0.25) is 0 Å². The number of amides is 1. The van der Waals surface area contributed by atoms with E-state index in [2.05, 4.69) is 18.3 Å². The van der Waals surface area contributed by atoms with Crippen LogP contribution in [0.25, 0.3) is 0 Å². The van der Waals surface area contributed by atoms with E-state index in [0.29, 0.717) is 12.8 Å². The second-order valence-corrected chi connectivity index (χ2v) is 6.90. The lowest BCUT2D eigenvalue weighted by molar-refractivity contribution is -0.146. The molecule has 0 saturated carbocycles. The van der Waals surface area contributed by atoms with Gasteiger partial charge in [0.25, 0.3) is 5.91 Å². The zero-order valence-electron chi connectivity index (χ0n) is 16.0. The van der Waals surface area contributed by atoms with Crippen LogP contribution >= 0.6 is 0 Å². The lowest BCUT2D eigenvalue weighted by Gasteiger charge is -2.22. The van der Waals surface area contributed by atoms with Crippen molar-refractivity contribution in [2.75, 3.05) is 0 Å². The molecule has 0 aromatic heterocycles. The summed E-state index contributed by atoms with van der Waals surface area (Å²) in [5.41, 5.74) is 0. The molecule has 1 N–H and O–H groups in total. The Hall–Kier alpha value is -1.41. The van der Waals surface area contributed by atoms with Crippen LogP contribution in [0, 0.1) is 30.7 Å². The second kappa shape index (κ2) is 11.3. The maximum atomic E-state index is 13.8. The summed E-state index contributed by atoms with van der Waals surface area (Å²) in [6, 6.07) is -0.708. The van der Waals surface area contributed by atoms with Crippen LogP contribution in [0.3, 0.4) is 0 Å². The highest BCUT2D eigenvalue weighted by atomic mass is 19.3. The fraction of sp³-hybridized carbons (Fsp3) is 0.667. The van der Waals surface area contributed by atoms with Crippen molar-refractivity contribution in [3.63, 3.8) is 0 Å². The normalized spacial score (nSPS) is 21.7. The van der Waals surface area contributed by atoms with Gasteiger partial charge in [-0.2, -0.15) is 8.78 Å². The molecule has 1 rings (SSSR count). The molecular weight excluding hydrogens is 336 g/mol. The number of aliphatic hydroxyl groups excluding tert-OH is 1. The Morgan fingerprint density at radius 1 is 1.35 bits per heavy atom. The Morgan fingerprint density at radius 2 is 2.04 bits per heavy atom. The molecule has 3 nitrogen and oxygen atoms in total. The summed E-state index contributed by atoms with van der Waals surface area (Å²) in [6.45, 7) is 7.19. The van der Waals surface area contributed by atoms with Crippen LogP contribution < -0.4 is 0 Å². The van der Waals surface area contributed by atoms with Gasteiger partial charge >= 0.3 is 5.92 Å². The van der Waals surface area contributed by atoms with Crippen molar-refractivity contribution >= 4 is 5.91 Å². The number of alkyl halides is 2. The molecule has 146 valence electrons. The first-order valence-corrected chi connectivity index (χ1v) is 9.41. The van der Waals surface area contributed by atoms with Crippen molar-refractivity contribution in [3.8, 4) is 11.8 Å². The minimum absolute atomic E-state index is 0.0934. The van der Waals surface area contributed by atoms with Gasteiger partial charge in [-0.1, -0.05) is 51.7 Å². The minimum Gasteiger partial charge on any atom is -0.389 e. The van der Waals surface area contributed by atoms with Gasteiger partial charge in [-0.25, -0.2) is 0 Å². The highest BCUT2D eigenvalue weighted by molar-refractivity contribution is 5.87. The lowest BCUT2D eigenvalue weighted by atomic mass is 10.00. The van der Waals surface area contributed by atoms with Gasteiger partial charge in [0, 0.05) is 12.8 Å². The van der Waals surface area contributed by atoms with Crippen LogP contribution in [0.5, 0.6) is 0 Å². The first-order valence-electron chi connectivity index (χ1n) is 9.41. The fourth-order valence-corrected chi connectivity index (χ4v) is 2.88. The van der Waals surface area contributed by atoms with Crippen molar-refractivity contribution in [1.29, 1.82) is 0 Å². The quantitative estimate of drug-likeness (QED) is 0.331. The Morgan fingerprint density at radius 3 is 2.69 bits per heavy atom. The number of likely N-dealkylation sites (tertiary alicyclic amines) is 1. The van der Waals surface area contributed by atoms with Gasteiger partial charge in [0.1, 0.15) is 0 Å². The average molecular weight is 367 g/mol. The third-order valence-electron chi connectivity index (χ3n) is 4.61. The molecule has 1 saturated heterocycles. The number of halogens is 2. The van der Waals surface area contributed by atoms with E-state index in [-0.39, 0.29) is 5.92 Å². The molecule has 1 amide bonds. The van der Waals surface area contributed by atoms with E-state index in [4.69, 9.17) is 0 Å². The van der Waals surface area contributed by atoms with Gasteiger partial charge in [0.15, 0.2) is 0 Å². The van der Waals surface area contributed by atoms with Crippen LogP contribution in [0.4, 0.5) is 8.78 Å². The summed E-state index contributed by atoms with van der Waals surface area (Å²) in [5.74, 6) is 1.09. The lowest BCUT2D eigenvalue weighted by Crippen LogP contribution is -2.34. The van der Waals surface area contributed by atoms with Crippen molar-refractivity contribution < 1.29 is 18.7 Å². The Bertz CT molecular complexity index is 522. The van der Waals surface area contributed by atoms with Crippen molar-refractivity contribution in [3.05, 3.63) is 25.1 Å². The minimum atomic E-state index is -3.34. The smallest absolute Gasteiger partial charge is 0.327 e. The molecule has 0 aromatic rings. The number of hydrogen-bond donors (Lipinski definition) is 1. The molecule has 1 aliphatic rings. The van der Waals surface area contributed by atoms with Gasteiger partial charge in [-0.3, -0.25) is 4.79 Å². The maximum Gasteiger partial charge on any atom is 0.327 e. The van der Waals surface area contributed by atoms with Crippen LogP contribution in [0.15, 0.2) is 12.2 Å². The Kier molecular flexibility index (Phi) is 9.87. The Labute approximate surface area is 156 Å². The van der Waals surface area contributed by atoms with Gasteiger partial charge in [-0.15, -0.1) is 11.8 Å². The summed E-state index contributed by atoms with van der Waals surface area (Å²) >= 11 is 0. The van der Waals surface area contributed by atoms with Gasteiger partial charge in [0.05, 0.1) is 18.7 Å². The molecule has 0 bridgehead atoms. The average Bonchev–Trinajstić information content (AvgIpc) is 2.83. The molecule has 1 aliphatic heterocycles. The van der Waals surface area contributed by atoms with E-state index in [9.17, 15) is 18.7 Å². The molecule has 26 heavy (non-hydrogen) atoms. The maximum absolute atomic E-state index is 13.8. The summed E-state index contributed by atoms with van der Waals surface area (Å²) in [4.78, 5) is 13.1. The van der Waals surface area contributed by atoms with E-state index in [0.717, 1.165) is 30.6 Å². The number of nitrogens with zero attached hydrogens (tertiary/aromatic N) is 1. The molecule has 5 heteroatoms. The largest absolute Gasteiger partial charge is 0.389 e. The zero-order chi connectivity index (χ0) is 19.6. The van der Waals surface area contributed by atoms with E-state index in [1.165, 1.54) is 12.2 Å². The topological polar surface area (TPSA) is 40.5 Å². The SMILES string of the molecule is CC#CC[C@@H](C)[C@H](O)/C=C/[C@H]1CC(F)(F)C(=O)N1[CH]CCCCC[CH]C. The van der Waals surface area contributed by atoms with Crippen LogP contribution in [-0.2, 0) is 4.79 Å². The van der Waals surface area contributed by atoms with Crippen LogP contribution in [0.1, 0.15) is 65.7 Å². The van der Waals surface area contributed by atoms with E-state index in [1.54, 1.807) is 13.5 Å². The third kappa shape index (κ3) is 7.07. The van der Waals surface area contributed by atoms with Gasteiger partial charge < -0.3 is 10.0 Å². The molecule has 0 spiro atoms. The van der Waals surface area contributed by atoms with Crippen molar-refractivity contribution in [2.24, 2.45) is 5.92 Å². The first kappa shape index (κ1) is 22.6. The van der Waals surface area contributed by atoms with Crippen molar-refractivity contribution in [2.45, 2.75) is 83.8 Å². The van der Waals surface area contributed by atoms with E-state index >= 15 is 0 Å². The molecule has 3 atom stereocenters. The first-order chi connectivity index (χ1) is 12.3. The highest BCUT2D eigenvalue weighted by Gasteiger charge is 2.52. The molecule has 2 radical (unpaired) electrons. The second-order valence-electron chi connectivity index (χ2n) is 6.90. The van der Waals surface area contributed by atoms with Gasteiger partial charge in [-0.05, 0) is 25.7 Å². The standard InChI is InChI=1S/C21H31F2NO2/c1-4-6-8-9-10-11-15-24-18(16-21(22,23)20(24)26)13-14-19(25)17(3)12-7-5-2/h4,13-15,17-19,25H,6,8-12,16H2,1-3H3/b14-13+/t17-,18+,19-/m1/s1. The summed E-state index contributed by atoms with van der Waals surface area (Å²) in [7, 11) is 0. The van der Waals surface area contributed by atoms with E-state index in [1.807, 2.05) is 13.8 Å². The Balaban J connectivity index is 2.60. The summed E-state index contributed by atoms with van der Waals surface area (Å²) in [6.07, 6.45) is 8.96. The number of unbranched alkanes of at least 4 members (excludes halogenated alkanes) is 5. The molecule has 0 aliphatic carbocycles. The van der Waals surface area contributed by atoms with Crippen LogP contribution in [-0.4, -0.2) is 34.0 Å². The molecule has 1 heterocycles. The zero-order valence-corrected chi connectivity index (χ0v) is 16.0. The number of carbonyl (C=O) groups is 1. The summed E-state index contributed by atoms with van der Waals surface area (Å²) in [5, 5.41) is 10.1. The number of aliphatic hydroxyl groups is 1. The predicted molar refractivity (Wildman–Crippen MR) is 99.9 cm³/mol. The van der Waals surface area contributed by atoms with Crippen molar-refractivity contribution in [1.82, 2.24) is 4.90 Å². The number of hydrogen-bond acceptors (Lipinski definition) is 2. The molecule has 1 fully saturated rings. The third-order valence-corrected chi connectivity index (χ3v) is 4.61. The van der Waals surface area contributed by atoms with Crippen LogP contribution in [0.2, 0.25) is 0 Å². The molecule has 0 unspecified atom stereocenters. The number of carbonyl (C=O) groups excluding carboxylic acids is 1.